The Bertz CT molecular complexity index is 685. The zero-order chi connectivity index (χ0) is 14.9. The second-order valence-corrected chi connectivity index (χ2v) is 4.71. The van der Waals surface area contributed by atoms with Crippen LogP contribution in [0, 0.1) is 13.8 Å². The summed E-state index contributed by atoms with van der Waals surface area (Å²) in [7, 11) is 0. The van der Waals surface area contributed by atoms with Gasteiger partial charge in [-0.2, -0.15) is 0 Å². The molecule has 0 radical (unpaired) electrons. The Labute approximate surface area is 116 Å². The van der Waals surface area contributed by atoms with Gasteiger partial charge in [0.1, 0.15) is 5.69 Å². The number of aryl methyl sites for hydroxylation is 2. The largest absolute Gasteiger partial charge is 0.478 e. The van der Waals surface area contributed by atoms with Crippen LogP contribution in [-0.2, 0) is 6.54 Å². The molecular weight excluding hydrogens is 258 g/mol. The molecule has 0 unspecified atom stereocenters. The minimum Gasteiger partial charge on any atom is -0.478 e. The van der Waals surface area contributed by atoms with E-state index in [1.165, 1.54) is 6.07 Å². The summed E-state index contributed by atoms with van der Waals surface area (Å²) in [5.74, 6) is -1.98. The molecule has 0 saturated carbocycles. The lowest BCUT2D eigenvalue weighted by Gasteiger charge is -2.10. The second-order valence-electron chi connectivity index (χ2n) is 4.71. The molecule has 0 aliphatic carbocycles. The van der Waals surface area contributed by atoms with Crippen molar-refractivity contribution in [1.82, 2.24) is 4.57 Å². The van der Waals surface area contributed by atoms with Crippen LogP contribution in [0.25, 0.3) is 0 Å². The number of carboxylic acid groups (broad SMARTS) is 2. The summed E-state index contributed by atoms with van der Waals surface area (Å²) in [6.45, 7) is 3.92. The molecule has 1 aromatic carbocycles. The van der Waals surface area contributed by atoms with Gasteiger partial charge in [0.15, 0.2) is 0 Å². The first kappa shape index (κ1) is 13.9. The molecule has 0 spiro atoms. The van der Waals surface area contributed by atoms with Gasteiger partial charge in [0.2, 0.25) is 0 Å². The number of carbonyl (C=O) groups is 2. The summed E-state index contributed by atoms with van der Waals surface area (Å²) in [5, 5.41) is 18.2. The monoisotopic (exact) mass is 273 g/mol. The third-order valence-corrected chi connectivity index (χ3v) is 3.21. The van der Waals surface area contributed by atoms with Crippen LogP contribution in [0.2, 0.25) is 0 Å². The van der Waals surface area contributed by atoms with E-state index in [1.54, 1.807) is 29.7 Å². The lowest BCUT2D eigenvalue weighted by molar-refractivity contribution is 0.0677. The highest BCUT2D eigenvalue weighted by atomic mass is 16.4. The number of hydrogen-bond donors (Lipinski definition) is 2. The van der Waals surface area contributed by atoms with E-state index in [-0.39, 0.29) is 11.3 Å². The predicted octanol–water partition coefficient (Wildman–Crippen LogP) is 2.55. The summed E-state index contributed by atoms with van der Waals surface area (Å²) >= 11 is 0. The molecule has 104 valence electrons. The molecule has 2 N–H and O–H groups in total. The molecule has 0 saturated heterocycles. The lowest BCUT2D eigenvalue weighted by Crippen LogP contribution is -2.12. The molecule has 2 aromatic rings. The SMILES string of the molecule is Cc1cc(C)n(Cc2cccc(C(=O)O)c2)c1C(=O)O. The van der Waals surface area contributed by atoms with Gasteiger partial charge in [-0.1, -0.05) is 12.1 Å². The van der Waals surface area contributed by atoms with E-state index in [0.717, 1.165) is 11.3 Å². The Morgan fingerprint density at radius 3 is 2.40 bits per heavy atom. The summed E-state index contributed by atoms with van der Waals surface area (Å²) in [6, 6.07) is 8.32. The fourth-order valence-corrected chi connectivity index (χ4v) is 2.32. The summed E-state index contributed by atoms with van der Waals surface area (Å²) < 4.78 is 1.68. The third kappa shape index (κ3) is 2.56. The molecule has 1 aromatic heterocycles. The van der Waals surface area contributed by atoms with E-state index in [4.69, 9.17) is 5.11 Å². The lowest BCUT2D eigenvalue weighted by atomic mass is 10.1. The maximum atomic E-state index is 11.3. The molecule has 1 heterocycles. The van der Waals surface area contributed by atoms with Crippen molar-refractivity contribution < 1.29 is 19.8 Å². The Hall–Kier alpha value is -2.56. The van der Waals surface area contributed by atoms with Gasteiger partial charge in [0.25, 0.3) is 0 Å². The maximum absolute atomic E-state index is 11.3. The summed E-state index contributed by atoms with van der Waals surface area (Å²) in [5.41, 5.74) is 2.72. The normalized spacial score (nSPS) is 10.5. The molecule has 0 fully saturated rings. The van der Waals surface area contributed by atoms with E-state index in [1.807, 2.05) is 13.0 Å². The van der Waals surface area contributed by atoms with Crippen LogP contribution < -0.4 is 0 Å². The highest BCUT2D eigenvalue weighted by Crippen LogP contribution is 2.18. The molecule has 0 aliphatic rings. The molecule has 0 aliphatic heterocycles. The van der Waals surface area contributed by atoms with E-state index >= 15 is 0 Å². The quantitative estimate of drug-likeness (QED) is 0.897. The van der Waals surface area contributed by atoms with Crippen molar-refractivity contribution in [3.05, 3.63) is 58.4 Å². The van der Waals surface area contributed by atoms with Crippen LogP contribution in [0.15, 0.2) is 30.3 Å². The Morgan fingerprint density at radius 2 is 1.80 bits per heavy atom. The Balaban J connectivity index is 2.42. The van der Waals surface area contributed by atoms with Crippen molar-refractivity contribution >= 4 is 11.9 Å². The third-order valence-electron chi connectivity index (χ3n) is 3.21. The van der Waals surface area contributed by atoms with E-state index in [9.17, 15) is 14.7 Å². The van der Waals surface area contributed by atoms with Gasteiger partial charge in [-0.3, -0.25) is 0 Å². The molecule has 5 nitrogen and oxygen atoms in total. The van der Waals surface area contributed by atoms with Gasteiger partial charge in [-0.15, -0.1) is 0 Å². The highest BCUT2D eigenvalue weighted by Gasteiger charge is 2.16. The zero-order valence-corrected chi connectivity index (χ0v) is 11.3. The van der Waals surface area contributed by atoms with Crippen molar-refractivity contribution in [2.45, 2.75) is 20.4 Å². The zero-order valence-electron chi connectivity index (χ0n) is 11.3. The first-order valence-corrected chi connectivity index (χ1v) is 6.12. The molecule has 20 heavy (non-hydrogen) atoms. The molecule has 0 amide bonds. The summed E-state index contributed by atoms with van der Waals surface area (Å²) in [4.78, 5) is 22.3. The van der Waals surface area contributed by atoms with Gasteiger partial charge in [-0.05, 0) is 43.2 Å². The van der Waals surface area contributed by atoms with Crippen LogP contribution in [0.4, 0.5) is 0 Å². The smallest absolute Gasteiger partial charge is 0.352 e. The minimum atomic E-state index is -0.995. The second kappa shape index (κ2) is 5.21. The first-order chi connectivity index (χ1) is 9.40. The van der Waals surface area contributed by atoms with E-state index < -0.39 is 11.9 Å². The molecule has 5 heteroatoms. The average molecular weight is 273 g/mol. The van der Waals surface area contributed by atoms with Gasteiger partial charge in [0, 0.05) is 12.2 Å². The highest BCUT2D eigenvalue weighted by molar-refractivity contribution is 5.88. The van der Waals surface area contributed by atoms with Gasteiger partial charge in [-0.25, -0.2) is 9.59 Å². The van der Waals surface area contributed by atoms with Crippen LogP contribution in [0.3, 0.4) is 0 Å². The van der Waals surface area contributed by atoms with Crippen LogP contribution in [-0.4, -0.2) is 26.7 Å². The molecule has 0 atom stereocenters. The average Bonchev–Trinajstić information content (AvgIpc) is 2.64. The van der Waals surface area contributed by atoms with Crippen molar-refractivity contribution in [1.29, 1.82) is 0 Å². The van der Waals surface area contributed by atoms with Gasteiger partial charge < -0.3 is 14.8 Å². The van der Waals surface area contributed by atoms with E-state index in [2.05, 4.69) is 0 Å². The standard InChI is InChI=1S/C15H15NO4/c1-9-6-10(2)16(13(9)15(19)20)8-11-4-3-5-12(7-11)14(17)18/h3-7H,8H2,1-2H3,(H,17,18)(H,19,20). The van der Waals surface area contributed by atoms with Gasteiger partial charge in [0.05, 0.1) is 5.56 Å². The Morgan fingerprint density at radius 1 is 1.10 bits per heavy atom. The number of hydrogen-bond acceptors (Lipinski definition) is 2. The molecular formula is C15H15NO4. The number of benzene rings is 1. The number of rotatable bonds is 4. The number of aromatic nitrogens is 1. The Kier molecular flexibility index (Phi) is 3.61. The molecule has 2 rings (SSSR count). The van der Waals surface area contributed by atoms with Crippen molar-refractivity contribution in [2.24, 2.45) is 0 Å². The van der Waals surface area contributed by atoms with Crippen LogP contribution in [0.5, 0.6) is 0 Å². The van der Waals surface area contributed by atoms with Crippen molar-refractivity contribution in [3.8, 4) is 0 Å². The summed E-state index contributed by atoms with van der Waals surface area (Å²) in [6.07, 6.45) is 0. The van der Waals surface area contributed by atoms with Crippen molar-refractivity contribution in [2.75, 3.05) is 0 Å². The number of aromatic carboxylic acids is 2. The predicted molar refractivity (Wildman–Crippen MR) is 73.4 cm³/mol. The van der Waals surface area contributed by atoms with E-state index in [0.29, 0.717) is 12.1 Å². The van der Waals surface area contributed by atoms with Crippen LogP contribution in [0.1, 0.15) is 37.7 Å². The van der Waals surface area contributed by atoms with Gasteiger partial charge >= 0.3 is 11.9 Å². The molecule has 0 bridgehead atoms. The number of carboxylic acids is 2. The van der Waals surface area contributed by atoms with Crippen molar-refractivity contribution in [3.63, 3.8) is 0 Å². The first-order valence-electron chi connectivity index (χ1n) is 6.12. The van der Waals surface area contributed by atoms with Crippen LogP contribution >= 0.6 is 0 Å². The minimum absolute atomic E-state index is 0.195. The topological polar surface area (TPSA) is 79.5 Å². The fraction of sp³-hybridized carbons (Fsp3) is 0.200. The number of nitrogens with zero attached hydrogens (tertiary/aromatic N) is 1. The maximum Gasteiger partial charge on any atom is 0.352 e. The fourth-order valence-electron chi connectivity index (χ4n) is 2.32.